The molecule has 31 heavy (non-hydrogen) atoms. The summed E-state index contributed by atoms with van der Waals surface area (Å²) in [4.78, 5) is 37.0. The van der Waals surface area contributed by atoms with Crippen molar-refractivity contribution in [3.8, 4) is 11.4 Å². The molecule has 3 aromatic heterocycles. The third-order valence-corrected chi connectivity index (χ3v) is 5.34. The zero-order chi connectivity index (χ0) is 22.1. The number of fused-ring (bicyclic) bond motifs is 1. The van der Waals surface area contributed by atoms with E-state index in [9.17, 15) is 4.79 Å². The van der Waals surface area contributed by atoms with Crippen molar-refractivity contribution in [1.82, 2.24) is 34.4 Å². The van der Waals surface area contributed by atoms with Gasteiger partial charge < -0.3 is 19.5 Å². The first kappa shape index (κ1) is 21.1. The highest BCUT2D eigenvalue weighted by atomic mass is 16.5. The van der Waals surface area contributed by atoms with Gasteiger partial charge in [0.25, 0.3) is 0 Å². The van der Waals surface area contributed by atoms with Gasteiger partial charge in [-0.2, -0.15) is 0 Å². The monoisotopic (exact) mass is 424 g/mol. The van der Waals surface area contributed by atoms with Gasteiger partial charge in [-0.3, -0.25) is 4.79 Å². The molecular weight excluding hydrogens is 396 g/mol. The molecule has 3 aromatic rings. The maximum atomic E-state index is 13.0. The molecule has 0 bridgehead atoms. The molecule has 1 fully saturated rings. The van der Waals surface area contributed by atoms with E-state index in [-0.39, 0.29) is 18.1 Å². The fourth-order valence-corrected chi connectivity index (χ4v) is 3.97. The van der Waals surface area contributed by atoms with Crippen LogP contribution >= 0.6 is 0 Å². The quantitative estimate of drug-likeness (QED) is 0.662. The maximum absolute atomic E-state index is 13.0. The summed E-state index contributed by atoms with van der Waals surface area (Å²) < 4.78 is 7.74. The summed E-state index contributed by atoms with van der Waals surface area (Å²) in [6.07, 6.45) is 5.03. The summed E-state index contributed by atoms with van der Waals surface area (Å²) in [6, 6.07) is -0.464. The number of carbonyl (C=O) groups excluding carboxylic acids is 1. The van der Waals surface area contributed by atoms with E-state index in [1.807, 2.05) is 44.1 Å². The fraction of sp³-hybridized carbons (Fsp3) is 0.524. The van der Waals surface area contributed by atoms with Gasteiger partial charge in [-0.15, -0.1) is 0 Å². The van der Waals surface area contributed by atoms with Gasteiger partial charge in [0, 0.05) is 32.0 Å². The van der Waals surface area contributed by atoms with Crippen molar-refractivity contribution in [2.24, 2.45) is 0 Å². The second-order valence-electron chi connectivity index (χ2n) is 7.96. The minimum Gasteiger partial charge on any atom is -0.372 e. The van der Waals surface area contributed by atoms with E-state index in [1.54, 1.807) is 12.4 Å². The third-order valence-electron chi connectivity index (χ3n) is 5.34. The topological polar surface area (TPSA) is 111 Å². The van der Waals surface area contributed by atoms with Crippen LogP contribution in [0.3, 0.4) is 0 Å². The van der Waals surface area contributed by atoms with Crippen molar-refractivity contribution < 1.29 is 9.53 Å². The Morgan fingerprint density at radius 3 is 2.52 bits per heavy atom. The molecule has 1 aliphatic rings. The number of imidazole rings is 1. The number of aromatic nitrogens is 6. The van der Waals surface area contributed by atoms with Gasteiger partial charge in [-0.05, 0) is 34.6 Å². The first-order valence-corrected chi connectivity index (χ1v) is 10.6. The van der Waals surface area contributed by atoms with Crippen molar-refractivity contribution in [1.29, 1.82) is 0 Å². The number of rotatable bonds is 5. The van der Waals surface area contributed by atoms with Gasteiger partial charge >= 0.3 is 0 Å². The van der Waals surface area contributed by atoms with Crippen LogP contribution in [0.1, 0.15) is 33.5 Å². The number of morpholine rings is 1. The van der Waals surface area contributed by atoms with E-state index >= 15 is 0 Å². The largest absolute Gasteiger partial charge is 0.372 e. The van der Waals surface area contributed by atoms with Crippen LogP contribution in [-0.4, -0.2) is 71.6 Å². The fourth-order valence-electron chi connectivity index (χ4n) is 3.97. The van der Waals surface area contributed by atoms with Crippen molar-refractivity contribution in [3.05, 3.63) is 24.5 Å². The molecule has 164 valence electrons. The highest BCUT2D eigenvalue weighted by Crippen LogP contribution is 2.26. The number of hydrogen-bond acceptors (Lipinski definition) is 8. The van der Waals surface area contributed by atoms with Crippen LogP contribution < -0.4 is 5.32 Å². The minimum absolute atomic E-state index is 0.0100. The van der Waals surface area contributed by atoms with Crippen molar-refractivity contribution >= 4 is 22.9 Å². The SMILES string of the molecule is CCn1c(-c2cnc(C)nc2)nc2c(NC(C)C(=O)N3C[C@@H](C)O[C@@H](C)C3)ncnc21. The molecule has 0 spiro atoms. The maximum Gasteiger partial charge on any atom is 0.244 e. The molecular formula is C21H28N8O2. The average molecular weight is 425 g/mol. The first-order chi connectivity index (χ1) is 14.9. The summed E-state index contributed by atoms with van der Waals surface area (Å²) >= 11 is 0. The number of anilines is 1. The molecule has 0 saturated carbocycles. The molecule has 1 unspecified atom stereocenters. The minimum atomic E-state index is -0.464. The second-order valence-corrected chi connectivity index (χ2v) is 7.96. The Hall–Kier alpha value is -3.14. The Balaban J connectivity index is 1.63. The molecule has 1 N–H and O–H groups in total. The van der Waals surface area contributed by atoms with E-state index in [4.69, 9.17) is 9.72 Å². The predicted octanol–water partition coefficient (Wildman–Crippen LogP) is 2.05. The van der Waals surface area contributed by atoms with E-state index in [1.165, 1.54) is 6.33 Å². The number of carbonyl (C=O) groups is 1. The van der Waals surface area contributed by atoms with E-state index in [0.717, 1.165) is 11.4 Å². The summed E-state index contributed by atoms with van der Waals surface area (Å²) in [6.45, 7) is 11.5. The third kappa shape index (κ3) is 4.20. The van der Waals surface area contributed by atoms with Crippen molar-refractivity contribution in [2.45, 2.75) is 59.4 Å². The summed E-state index contributed by atoms with van der Waals surface area (Å²) in [5, 5.41) is 3.25. The van der Waals surface area contributed by atoms with Crippen LogP contribution in [0.15, 0.2) is 18.7 Å². The van der Waals surface area contributed by atoms with Gasteiger partial charge in [0.15, 0.2) is 17.0 Å². The number of amides is 1. The van der Waals surface area contributed by atoms with Gasteiger partial charge in [0.2, 0.25) is 5.91 Å². The first-order valence-electron chi connectivity index (χ1n) is 10.6. The second kappa shape index (κ2) is 8.54. The zero-order valence-corrected chi connectivity index (χ0v) is 18.5. The molecule has 3 atom stereocenters. The van der Waals surface area contributed by atoms with Crippen LogP contribution in [0, 0.1) is 6.92 Å². The van der Waals surface area contributed by atoms with Gasteiger partial charge in [0.1, 0.15) is 24.0 Å². The van der Waals surface area contributed by atoms with Gasteiger partial charge in [-0.1, -0.05) is 0 Å². The lowest BCUT2D eigenvalue weighted by molar-refractivity contribution is -0.143. The van der Waals surface area contributed by atoms with Crippen LogP contribution in [0.5, 0.6) is 0 Å². The molecule has 10 nitrogen and oxygen atoms in total. The zero-order valence-electron chi connectivity index (χ0n) is 18.5. The van der Waals surface area contributed by atoms with Crippen LogP contribution in [0.4, 0.5) is 5.82 Å². The van der Waals surface area contributed by atoms with Crippen molar-refractivity contribution in [2.75, 3.05) is 18.4 Å². The average Bonchev–Trinajstić information content (AvgIpc) is 3.12. The van der Waals surface area contributed by atoms with Gasteiger partial charge in [-0.25, -0.2) is 24.9 Å². The highest BCUT2D eigenvalue weighted by Gasteiger charge is 2.29. The van der Waals surface area contributed by atoms with Gasteiger partial charge in [0.05, 0.1) is 17.8 Å². The van der Waals surface area contributed by atoms with E-state index in [2.05, 4.69) is 25.3 Å². The Morgan fingerprint density at radius 2 is 1.87 bits per heavy atom. The molecule has 0 aliphatic carbocycles. The number of ether oxygens (including phenoxy) is 1. The Kier molecular flexibility index (Phi) is 5.81. The normalized spacial score (nSPS) is 20.1. The Labute approximate surface area is 181 Å². The lowest BCUT2D eigenvalue weighted by Crippen LogP contribution is -2.52. The molecule has 10 heteroatoms. The Morgan fingerprint density at radius 1 is 1.19 bits per heavy atom. The molecule has 0 aromatic carbocycles. The van der Waals surface area contributed by atoms with Crippen LogP contribution in [-0.2, 0) is 16.1 Å². The standard InChI is InChI=1S/C21H28N8O2/c1-6-29-19(16-7-22-15(5)23-8-16)27-17-18(24-11-25-20(17)29)26-14(4)21(30)28-9-12(2)31-13(3)10-28/h7-8,11-14H,6,9-10H2,1-5H3,(H,24,25,26)/t12-,13+,14?. The molecule has 0 radical (unpaired) electrons. The molecule has 4 heterocycles. The van der Waals surface area contributed by atoms with Crippen LogP contribution in [0.25, 0.3) is 22.6 Å². The smallest absolute Gasteiger partial charge is 0.244 e. The van der Waals surface area contributed by atoms with Crippen molar-refractivity contribution in [3.63, 3.8) is 0 Å². The summed E-state index contributed by atoms with van der Waals surface area (Å²) in [5.74, 6) is 1.96. The van der Waals surface area contributed by atoms with E-state index < -0.39 is 6.04 Å². The number of nitrogens with zero attached hydrogens (tertiary/aromatic N) is 7. The number of nitrogens with one attached hydrogen (secondary N) is 1. The van der Waals surface area contributed by atoms with Crippen LogP contribution in [0.2, 0.25) is 0 Å². The highest BCUT2D eigenvalue weighted by molar-refractivity contribution is 5.90. The lowest BCUT2D eigenvalue weighted by Gasteiger charge is -2.36. The summed E-state index contributed by atoms with van der Waals surface area (Å²) in [5.41, 5.74) is 2.11. The summed E-state index contributed by atoms with van der Waals surface area (Å²) in [7, 11) is 0. The molecule has 1 aliphatic heterocycles. The lowest BCUT2D eigenvalue weighted by atomic mass is 10.2. The molecule has 1 saturated heterocycles. The van der Waals surface area contributed by atoms with E-state index in [0.29, 0.717) is 42.4 Å². The number of hydrogen-bond donors (Lipinski definition) is 1. The molecule has 1 amide bonds. The predicted molar refractivity (Wildman–Crippen MR) is 116 cm³/mol. The number of aryl methyl sites for hydroxylation is 2. The molecule has 4 rings (SSSR count). The Bertz CT molecular complexity index is 1070.